The number of likely N-dealkylation sites (tertiary alicyclic amines) is 1. The fourth-order valence-electron chi connectivity index (χ4n) is 2.63. The normalized spacial score (nSPS) is 19.8. The molecule has 2 rings (SSSR count). The van der Waals surface area contributed by atoms with Gasteiger partial charge in [-0.1, -0.05) is 12.1 Å². The topological polar surface area (TPSA) is 88.3 Å². The van der Waals surface area contributed by atoms with Crippen molar-refractivity contribution in [3.8, 4) is 0 Å². The van der Waals surface area contributed by atoms with Crippen LogP contribution in [0.5, 0.6) is 0 Å². The predicted molar refractivity (Wildman–Crippen MR) is 79.3 cm³/mol. The van der Waals surface area contributed by atoms with Crippen LogP contribution in [0, 0.1) is 0 Å². The molecule has 1 aromatic heterocycles. The highest BCUT2D eigenvalue weighted by molar-refractivity contribution is 7.88. The van der Waals surface area contributed by atoms with Crippen molar-refractivity contribution < 1.29 is 12.9 Å². The van der Waals surface area contributed by atoms with Gasteiger partial charge in [0.2, 0.25) is 15.9 Å². The standard InChI is InChI=1S/C13H24N4O3S/c1-4-5-12-14-13(20-15-12)10(2)17-8-6-11(7-9-17)16-21(3,18)19/h10-11,16H,4-9H2,1-3H3/t10-/m1/s1. The SMILES string of the molecule is CCCc1noc([C@@H](C)N2CCC(NS(C)(=O)=O)CC2)n1. The molecule has 1 aliphatic heterocycles. The first-order valence-corrected chi connectivity index (χ1v) is 9.32. The first-order valence-electron chi connectivity index (χ1n) is 7.43. The van der Waals surface area contributed by atoms with E-state index in [0.29, 0.717) is 5.89 Å². The summed E-state index contributed by atoms with van der Waals surface area (Å²) in [4.78, 5) is 6.68. The Balaban J connectivity index is 1.88. The molecule has 7 nitrogen and oxygen atoms in total. The van der Waals surface area contributed by atoms with Gasteiger partial charge in [0.15, 0.2) is 5.82 Å². The summed E-state index contributed by atoms with van der Waals surface area (Å²) >= 11 is 0. The van der Waals surface area contributed by atoms with Gasteiger partial charge in [-0.2, -0.15) is 4.98 Å². The second kappa shape index (κ2) is 6.85. The lowest BCUT2D eigenvalue weighted by Gasteiger charge is -2.34. The Hall–Kier alpha value is -0.990. The molecular formula is C13H24N4O3S. The van der Waals surface area contributed by atoms with Crippen molar-refractivity contribution in [1.82, 2.24) is 19.8 Å². The highest BCUT2D eigenvalue weighted by Gasteiger charge is 2.27. The van der Waals surface area contributed by atoms with E-state index in [4.69, 9.17) is 4.52 Å². The van der Waals surface area contributed by atoms with E-state index in [9.17, 15) is 8.42 Å². The third kappa shape index (κ3) is 4.76. The Bertz CT molecular complexity index is 550. The quantitative estimate of drug-likeness (QED) is 0.845. The number of aromatic nitrogens is 2. The molecule has 21 heavy (non-hydrogen) atoms. The van der Waals surface area contributed by atoms with Gasteiger partial charge in [0.05, 0.1) is 12.3 Å². The lowest BCUT2D eigenvalue weighted by Crippen LogP contribution is -2.45. The zero-order valence-corrected chi connectivity index (χ0v) is 13.7. The van der Waals surface area contributed by atoms with Crippen LogP contribution >= 0.6 is 0 Å². The van der Waals surface area contributed by atoms with E-state index in [0.717, 1.165) is 44.6 Å². The predicted octanol–water partition coefficient (Wildman–Crippen LogP) is 1.10. The maximum atomic E-state index is 11.2. The monoisotopic (exact) mass is 316 g/mol. The number of hydrogen-bond acceptors (Lipinski definition) is 6. The molecule has 1 N–H and O–H groups in total. The number of piperidine rings is 1. The van der Waals surface area contributed by atoms with E-state index in [1.165, 1.54) is 6.26 Å². The summed E-state index contributed by atoms with van der Waals surface area (Å²) < 4.78 is 30.5. The van der Waals surface area contributed by atoms with Gasteiger partial charge in [-0.25, -0.2) is 13.1 Å². The van der Waals surface area contributed by atoms with Crippen LogP contribution in [0.25, 0.3) is 0 Å². The molecule has 8 heteroatoms. The van der Waals surface area contributed by atoms with Crippen LogP contribution in [-0.4, -0.2) is 48.8 Å². The molecule has 0 bridgehead atoms. The second-order valence-electron chi connectivity index (χ2n) is 5.68. The van der Waals surface area contributed by atoms with Crippen LogP contribution in [0.15, 0.2) is 4.52 Å². The molecule has 1 aromatic rings. The molecule has 0 aliphatic carbocycles. The highest BCUT2D eigenvalue weighted by Crippen LogP contribution is 2.23. The lowest BCUT2D eigenvalue weighted by atomic mass is 10.0. The van der Waals surface area contributed by atoms with Crippen molar-refractivity contribution in [2.24, 2.45) is 0 Å². The molecule has 0 radical (unpaired) electrons. The summed E-state index contributed by atoms with van der Waals surface area (Å²) in [5, 5.41) is 3.98. The number of sulfonamides is 1. The molecule has 0 aromatic carbocycles. The van der Waals surface area contributed by atoms with E-state index >= 15 is 0 Å². The molecule has 1 aliphatic rings. The summed E-state index contributed by atoms with van der Waals surface area (Å²) in [5.41, 5.74) is 0. The first kappa shape index (κ1) is 16.4. The molecule has 1 fully saturated rings. The maximum Gasteiger partial charge on any atom is 0.243 e. The van der Waals surface area contributed by atoms with E-state index in [2.05, 4.69) is 26.7 Å². The van der Waals surface area contributed by atoms with Crippen LogP contribution < -0.4 is 4.72 Å². The van der Waals surface area contributed by atoms with Gasteiger partial charge < -0.3 is 4.52 Å². The average Bonchev–Trinajstić information content (AvgIpc) is 2.86. The minimum absolute atomic E-state index is 0.0294. The third-order valence-electron chi connectivity index (χ3n) is 3.77. The smallest absolute Gasteiger partial charge is 0.243 e. The molecule has 120 valence electrons. The van der Waals surface area contributed by atoms with Crippen molar-refractivity contribution in [3.63, 3.8) is 0 Å². The number of aryl methyl sites for hydroxylation is 1. The largest absolute Gasteiger partial charge is 0.338 e. The Kier molecular flexibility index (Phi) is 5.34. The highest BCUT2D eigenvalue weighted by atomic mass is 32.2. The summed E-state index contributed by atoms with van der Waals surface area (Å²) in [5.74, 6) is 1.40. The van der Waals surface area contributed by atoms with Crippen LogP contribution in [0.2, 0.25) is 0 Å². The minimum Gasteiger partial charge on any atom is -0.338 e. The number of nitrogens with zero attached hydrogens (tertiary/aromatic N) is 3. The van der Waals surface area contributed by atoms with Gasteiger partial charge in [-0.3, -0.25) is 4.90 Å². The van der Waals surface area contributed by atoms with Crippen LogP contribution in [0.3, 0.4) is 0 Å². The molecule has 0 amide bonds. The van der Waals surface area contributed by atoms with Crippen molar-refractivity contribution in [2.45, 2.75) is 51.6 Å². The first-order chi connectivity index (χ1) is 9.89. The second-order valence-corrected chi connectivity index (χ2v) is 7.46. The van der Waals surface area contributed by atoms with E-state index in [-0.39, 0.29) is 12.1 Å². The number of rotatable bonds is 6. The number of nitrogens with one attached hydrogen (secondary N) is 1. The van der Waals surface area contributed by atoms with Crippen molar-refractivity contribution in [3.05, 3.63) is 11.7 Å². The average molecular weight is 316 g/mol. The molecule has 1 saturated heterocycles. The molecule has 1 atom stereocenters. The molecule has 0 spiro atoms. The summed E-state index contributed by atoms with van der Waals surface area (Å²) in [6.45, 7) is 5.77. The molecule has 2 heterocycles. The van der Waals surface area contributed by atoms with Crippen LogP contribution in [0.4, 0.5) is 0 Å². The fourth-order valence-corrected chi connectivity index (χ4v) is 3.47. The van der Waals surface area contributed by atoms with Gasteiger partial charge >= 0.3 is 0 Å². The van der Waals surface area contributed by atoms with Crippen molar-refractivity contribution >= 4 is 10.0 Å². The minimum atomic E-state index is -3.13. The van der Waals surface area contributed by atoms with Crippen LogP contribution in [-0.2, 0) is 16.4 Å². The van der Waals surface area contributed by atoms with Crippen LogP contribution in [0.1, 0.15) is 50.9 Å². The summed E-state index contributed by atoms with van der Waals surface area (Å²) in [7, 11) is -3.13. The number of hydrogen-bond donors (Lipinski definition) is 1. The third-order valence-corrected chi connectivity index (χ3v) is 4.53. The Morgan fingerprint density at radius 1 is 1.43 bits per heavy atom. The fraction of sp³-hybridized carbons (Fsp3) is 0.846. The maximum absolute atomic E-state index is 11.2. The van der Waals surface area contributed by atoms with E-state index in [1.807, 2.05) is 6.92 Å². The lowest BCUT2D eigenvalue weighted by molar-refractivity contribution is 0.134. The summed E-state index contributed by atoms with van der Waals surface area (Å²) in [6.07, 6.45) is 4.63. The van der Waals surface area contributed by atoms with Gasteiger partial charge in [0.1, 0.15) is 0 Å². The Morgan fingerprint density at radius 3 is 2.67 bits per heavy atom. The molecule has 0 saturated carbocycles. The Labute approximate surface area is 126 Å². The van der Waals surface area contributed by atoms with Crippen molar-refractivity contribution in [1.29, 1.82) is 0 Å². The van der Waals surface area contributed by atoms with Gasteiger partial charge in [0, 0.05) is 25.6 Å². The van der Waals surface area contributed by atoms with Crippen molar-refractivity contribution in [2.75, 3.05) is 19.3 Å². The zero-order valence-electron chi connectivity index (χ0n) is 12.9. The zero-order chi connectivity index (χ0) is 15.5. The molecule has 0 unspecified atom stereocenters. The van der Waals surface area contributed by atoms with E-state index < -0.39 is 10.0 Å². The van der Waals surface area contributed by atoms with Gasteiger partial charge in [-0.15, -0.1) is 0 Å². The van der Waals surface area contributed by atoms with Gasteiger partial charge in [-0.05, 0) is 26.2 Å². The summed E-state index contributed by atoms with van der Waals surface area (Å²) in [6, 6.07) is 0.101. The molecular weight excluding hydrogens is 292 g/mol. The van der Waals surface area contributed by atoms with Gasteiger partial charge in [0.25, 0.3) is 0 Å². The Morgan fingerprint density at radius 2 is 2.10 bits per heavy atom. The van der Waals surface area contributed by atoms with E-state index in [1.54, 1.807) is 0 Å².